The minimum absolute atomic E-state index is 0.0487. The maximum Gasteiger partial charge on any atom is 0.348 e. The Morgan fingerprint density at radius 1 is 1.23 bits per heavy atom. The Morgan fingerprint density at radius 3 is 2.61 bits per heavy atom. The van der Waals surface area contributed by atoms with E-state index in [0.29, 0.717) is 17.3 Å². The van der Waals surface area contributed by atoms with Gasteiger partial charge in [-0.25, -0.2) is 24.4 Å². The van der Waals surface area contributed by atoms with Crippen molar-refractivity contribution in [3.05, 3.63) is 58.7 Å². The molecule has 0 bridgehead atoms. The second-order valence-electron chi connectivity index (χ2n) is 7.27. The molecule has 0 spiro atoms. The summed E-state index contributed by atoms with van der Waals surface area (Å²) in [6.45, 7) is 8.07. The lowest BCUT2D eigenvalue weighted by atomic mass is 10.1. The van der Waals surface area contributed by atoms with E-state index in [4.69, 9.17) is 9.72 Å². The van der Waals surface area contributed by atoms with Crippen LogP contribution in [-0.2, 0) is 4.74 Å². The number of carbonyl (C=O) groups is 1. The monoisotopic (exact) mass is 436 g/mol. The van der Waals surface area contributed by atoms with E-state index in [1.54, 1.807) is 17.9 Å². The van der Waals surface area contributed by atoms with Crippen molar-refractivity contribution in [3.63, 3.8) is 0 Å². The summed E-state index contributed by atoms with van der Waals surface area (Å²) in [6.07, 6.45) is 3.19. The molecule has 0 fully saturated rings. The summed E-state index contributed by atoms with van der Waals surface area (Å²) in [5.41, 5.74) is 2.94. The standard InChI is InChI=1S/C22H24N6O2S/c1-6-30-22(29)19-13(2)18-20(25-15(4)26-21(18)31-19)27(5)14(3)16-7-9-17(10-8-16)28-12-23-11-24-28/h7-12,14H,6H2,1-5H3. The highest BCUT2D eigenvalue weighted by Crippen LogP contribution is 2.37. The van der Waals surface area contributed by atoms with Gasteiger partial charge in [0.05, 0.1) is 23.7 Å². The number of thiophene rings is 1. The third-order valence-corrected chi connectivity index (χ3v) is 6.48. The highest BCUT2D eigenvalue weighted by atomic mass is 32.1. The van der Waals surface area contributed by atoms with Crippen LogP contribution in [0.5, 0.6) is 0 Å². The van der Waals surface area contributed by atoms with Crippen LogP contribution in [0.15, 0.2) is 36.9 Å². The Balaban J connectivity index is 1.71. The molecular formula is C22H24N6O2S. The van der Waals surface area contributed by atoms with Crippen LogP contribution in [0.2, 0.25) is 0 Å². The van der Waals surface area contributed by atoms with Crippen molar-refractivity contribution in [2.45, 2.75) is 33.7 Å². The van der Waals surface area contributed by atoms with Crippen molar-refractivity contribution < 1.29 is 9.53 Å². The maximum absolute atomic E-state index is 12.4. The third-order valence-electron chi connectivity index (χ3n) is 5.32. The van der Waals surface area contributed by atoms with Gasteiger partial charge in [-0.3, -0.25) is 0 Å². The number of hydrogen-bond donors (Lipinski definition) is 0. The molecule has 160 valence electrons. The largest absolute Gasteiger partial charge is 0.462 e. The van der Waals surface area contributed by atoms with Crippen molar-refractivity contribution in [3.8, 4) is 5.69 Å². The average molecular weight is 437 g/mol. The highest BCUT2D eigenvalue weighted by molar-refractivity contribution is 7.20. The zero-order valence-electron chi connectivity index (χ0n) is 18.2. The number of benzene rings is 1. The topological polar surface area (TPSA) is 86.0 Å². The SMILES string of the molecule is CCOC(=O)c1sc2nc(C)nc(N(C)C(C)c3ccc(-n4cncn4)cc3)c2c1C. The molecule has 31 heavy (non-hydrogen) atoms. The van der Waals surface area contributed by atoms with Gasteiger partial charge in [-0.15, -0.1) is 11.3 Å². The molecule has 0 saturated carbocycles. The van der Waals surface area contributed by atoms with E-state index in [1.807, 2.05) is 33.0 Å². The first-order valence-electron chi connectivity index (χ1n) is 10.0. The summed E-state index contributed by atoms with van der Waals surface area (Å²) in [5, 5.41) is 5.06. The van der Waals surface area contributed by atoms with Crippen molar-refractivity contribution in [1.29, 1.82) is 0 Å². The number of rotatable bonds is 6. The first-order chi connectivity index (χ1) is 14.9. The number of fused-ring (bicyclic) bond motifs is 1. The summed E-state index contributed by atoms with van der Waals surface area (Å²) < 4.78 is 6.95. The fourth-order valence-electron chi connectivity index (χ4n) is 3.52. The van der Waals surface area contributed by atoms with E-state index in [-0.39, 0.29) is 12.0 Å². The van der Waals surface area contributed by atoms with E-state index in [9.17, 15) is 4.79 Å². The molecule has 3 heterocycles. The van der Waals surface area contributed by atoms with Crippen LogP contribution in [0.3, 0.4) is 0 Å². The number of nitrogens with zero attached hydrogens (tertiary/aromatic N) is 6. The predicted octanol–water partition coefficient (Wildman–Crippen LogP) is 4.26. The molecule has 4 aromatic rings. The average Bonchev–Trinajstić information content (AvgIpc) is 3.41. The molecular weight excluding hydrogens is 412 g/mol. The number of esters is 1. The number of ether oxygens (including phenoxy) is 1. The van der Waals surface area contributed by atoms with E-state index in [0.717, 1.165) is 32.8 Å². The van der Waals surface area contributed by atoms with Gasteiger partial charge in [0.1, 0.15) is 34.0 Å². The molecule has 0 radical (unpaired) electrons. The van der Waals surface area contributed by atoms with Crippen molar-refractivity contribution in [2.24, 2.45) is 0 Å². The number of anilines is 1. The van der Waals surface area contributed by atoms with Crippen LogP contribution in [0.25, 0.3) is 15.9 Å². The molecule has 0 N–H and O–H groups in total. The van der Waals surface area contributed by atoms with Crippen LogP contribution in [-0.4, -0.2) is 44.4 Å². The van der Waals surface area contributed by atoms with Crippen molar-refractivity contribution in [2.75, 3.05) is 18.6 Å². The van der Waals surface area contributed by atoms with Gasteiger partial charge in [-0.2, -0.15) is 5.10 Å². The molecule has 1 aromatic carbocycles. The lowest BCUT2D eigenvalue weighted by molar-refractivity contribution is 0.0531. The van der Waals surface area contributed by atoms with Gasteiger partial charge in [0, 0.05) is 7.05 Å². The lowest BCUT2D eigenvalue weighted by Crippen LogP contribution is -2.23. The van der Waals surface area contributed by atoms with Gasteiger partial charge >= 0.3 is 5.97 Å². The lowest BCUT2D eigenvalue weighted by Gasteiger charge is -2.27. The zero-order chi connectivity index (χ0) is 22.1. The third kappa shape index (κ3) is 3.88. The Hall–Kier alpha value is -3.33. The minimum atomic E-state index is -0.314. The fraction of sp³-hybridized carbons (Fsp3) is 0.318. The number of aromatic nitrogens is 5. The molecule has 0 amide bonds. The first kappa shape index (κ1) is 20.9. The summed E-state index contributed by atoms with van der Waals surface area (Å²) in [7, 11) is 2.01. The number of carbonyl (C=O) groups excluding carboxylic acids is 1. The van der Waals surface area contributed by atoms with Crippen molar-refractivity contribution in [1.82, 2.24) is 24.7 Å². The minimum Gasteiger partial charge on any atom is -0.462 e. The summed E-state index contributed by atoms with van der Waals surface area (Å²) >= 11 is 1.36. The normalized spacial score (nSPS) is 12.2. The van der Waals surface area contributed by atoms with Gasteiger partial charge < -0.3 is 9.64 Å². The molecule has 0 aliphatic carbocycles. The predicted molar refractivity (Wildman–Crippen MR) is 121 cm³/mol. The Bertz CT molecular complexity index is 1220. The summed E-state index contributed by atoms with van der Waals surface area (Å²) in [5.74, 6) is 1.16. The molecule has 1 atom stereocenters. The molecule has 3 aromatic heterocycles. The molecule has 0 saturated heterocycles. The van der Waals surface area contributed by atoms with Crippen LogP contribution in [0.4, 0.5) is 5.82 Å². The second-order valence-corrected chi connectivity index (χ2v) is 8.27. The Labute approximate surface area is 184 Å². The molecule has 8 nitrogen and oxygen atoms in total. The first-order valence-corrected chi connectivity index (χ1v) is 10.8. The summed E-state index contributed by atoms with van der Waals surface area (Å²) in [6, 6.07) is 8.24. The second kappa shape index (κ2) is 8.43. The van der Waals surface area contributed by atoms with Crippen LogP contribution < -0.4 is 4.90 Å². The van der Waals surface area contributed by atoms with E-state index in [2.05, 4.69) is 39.0 Å². The molecule has 4 rings (SSSR count). The Kier molecular flexibility index (Phi) is 5.69. The zero-order valence-corrected chi connectivity index (χ0v) is 19.0. The number of hydrogen-bond acceptors (Lipinski definition) is 8. The van der Waals surface area contributed by atoms with Gasteiger partial charge in [0.2, 0.25) is 0 Å². The highest BCUT2D eigenvalue weighted by Gasteiger charge is 2.24. The van der Waals surface area contributed by atoms with E-state index >= 15 is 0 Å². The summed E-state index contributed by atoms with van der Waals surface area (Å²) in [4.78, 5) is 29.2. The van der Waals surface area contributed by atoms with E-state index < -0.39 is 0 Å². The van der Waals surface area contributed by atoms with E-state index in [1.165, 1.54) is 17.7 Å². The molecule has 9 heteroatoms. The maximum atomic E-state index is 12.4. The molecule has 1 unspecified atom stereocenters. The van der Waals surface area contributed by atoms with Crippen LogP contribution in [0.1, 0.15) is 46.5 Å². The number of aryl methyl sites for hydroxylation is 2. The molecule has 0 aliphatic rings. The van der Waals surface area contributed by atoms with Gasteiger partial charge in [-0.1, -0.05) is 12.1 Å². The smallest absolute Gasteiger partial charge is 0.348 e. The molecule has 0 aliphatic heterocycles. The Morgan fingerprint density at radius 2 is 1.97 bits per heavy atom. The fourth-order valence-corrected chi connectivity index (χ4v) is 4.64. The van der Waals surface area contributed by atoms with Crippen molar-refractivity contribution >= 4 is 33.3 Å². The van der Waals surface area contributed by atoms with Gasteiger partial charge in [0.15, 0.2) is 0 Å². The van der Waals surface area contributed by atoms with Crippen LogP contribution in [0, 0.1) is 13.8 Å². The van der Waals surface area contributed by atoms with Crippen LogP contribution >= 0.6 is 11.3 Å². The quantitative estimate of drug-likeness (QED) is 0.417. The van der Waals surface area contributed by atoms with Gasteiger partial charge in [0.25, 0.3) is 0 Å². The van der Waals surface area contributed by atoms with Gasteiger partial charge in [-0.05, 0) is 51.0 Å².